The van der Waals surface area contributed by atoms with E-state index in [1.165, 1.54) is 0 Å². The molecule has 0 amide bonds. The van der Waals surface area contributed by atoms with E-state index in [1.807, 2.05) is 35.1 Å². The van der Waals surface area contributed by atoms with Gasteiger partial charge in [-0.05, 0) is 34.2 Å². The van der Waals surface area contributed by atoms with E-state index in [0.717, 1.165) is 49.0 Å². The zero-order chi connectivity index (χ0) is 20.8. The van der Waals surface area contributed by atoms with Gasteiger partial charge in [-0.1, -0.05) is 18.2 Å². The Morgan fingerprint density at radius 2 is 1.87 bits per heavy atom. The van der Waals surface area contributed by atoms with Crippen LogP contribution in [0.2, 0.25) is 0 Å². The van der Waals surface area contributed by atoms with Crippen molar-refractivity contribution >= 4 is 5.69 Å². The minimum absolute atomic E-state index is 0.0645. The number of rotatable bonds is 8. The van der Waals surface area contributed by atoms with E-state index < -0.39 is 0 Å². The van der Waals surface area contributed by atoms with Crippen LogP contribution in [0.15, 0.2) is 48.8 Å². The third kappa shape index (κ3) is 4.27. The van der Waals surface area contributed by atoms with Crippen LogP contribution < -0.4 is 9.64 Å². The minimum Gasteiger partial charge on any atom is -0.495 e. The number of ether oxygens (including phenoxy) is 2. The normalized spacial score (nSPS) is 15.9. The van der Waals surface area contributed by atoms with Crippen LogP contribution in [0.1, 0.15) is 17.4 Å². The fourth-order valence-corrected chi connectivity index (χ4v) is 3.92. The first-order valence-corrected chi connectivity index (χ1v) is 10.1. The zero-order valence-corrected chi connectivity index (χ0v) is 17.4. The van der Waals surface area contributed by atoms with Gasteiger partial charge >= 0.3 is 0 Å². The number of tetrazole rings is 1. The highest BCUT2D eigenvalue weighted by Gasteiger charge is 2.31. The molecule has 0 radical (unpaired) electrons. The lowest BCUT2D eigenvalue weighted by Gasteiger charge is -2.40. The summed E-state index contributed by atoms with van der Waals surface area (Å²) in [6.45, 7) is 4.67. The Morgan fingerprint density at radius 3 is 2.60 bits per heavy atom. The third-order valence-corrected chi connectivity index (χ3v) is 5.42. The average molecular weight is 409 g/mol. The molecule has 2 aromatic heterocycles. The number of para-hydroxylation sites is 2. The van der Waals surface area contributed by atoms with Gasteiger partial charge in [0.1, 0.15) is 5.75 Å². The van der Waals surface area contributed by atoms with E-state index >= 15 is 0 Å². The number of methoxy groups -OCH3 is 2. The van der Waals surface area contributed by atoms with Gasteiger partial charge in [0, 0.05) is 45.7 Å². The van der Waals surface area contributed by atoms with Crippen LogP contribution in [0.4, 0.5) is 5.69 Å². The molecule has 4 rings (SSSR count). The zero-order valence-electron chi connectivity index (χ0n) is 17.4. The van der Waals surface area contributed by atoms with Crippen molar-refractivity contribution in [3.63, 3.8) is 0 Å². The SMILES string of the molecule is COCCn1nnnc1[C@@H](c1cccnc1)N1CCN(c2ccccc2OC)CC1. The number of nitrogens with zero attached hydrogens (tertiary/aromatic N) is 7. The second kappa shape index (κ2) is 9.64. The van der Waals surface area contributed by atoms with Crippen LogP contribution in [-0.4, -0.2) is 77.1 Å². The molecule has 1 aliphatic rings. The topological polar surface area (TPSA) is 81.4 Å². The molecule has 3 aromatic rings. The van der Waals surface area contributed by atoms with Gasteiger partial charge in [0.2, 0.25) is 0 Å². The number of hydrogen-bond donors (Lipinski definition) is 0. The van der Waals surface area contributed by atoms with Gasteiger partial charge in [-0.2, -0.15) is 0 Å². The number of aromatic nitrogens is 5. The molecule has 1 atom stereocenters. The lowest BCUT2D eigenvalue weighted by molar-refractivity contribution is 0.171. The van der Waals surface area contributed by atoms with Crippen LogP contribution in [0, 0.1) is 0 Å². The first-order chi connectivity index (χ1) is 14.8. The Balaban J connectivity index is 1.57. The summed E-state index contributed by atoms with van der Waals surface area (Å²) in [5.74, 6) is 1.71. The van der Waals surface area contributed by atoms with Gasteiger partial charge in [-0.25, -0.2) is 4.68 Å². The van der Waals surface area contributed by atoms with Crippen LogP contribution in [0.5, 0.6) is 5.75 Å². The Kier molecular flexibility index (Phi) is 6.50. The Hall–Kier alpha value is -3.04. The van der Waals surface area contributed by atoms with Gasteiger partial charge in [0.05, 0.1) is 32.0 Å². The molecule has 0 bridgehead atoms. The van der Waals surface area contributed by atoms with Gasteiger partial charge in [0.25, 0.3) is 0 Å². The highest BCUT2D eigenvalue weighted by atomic mass is 16.5. The summed E-state index contributed by atoms with van der Waals surface area (Å²) in [5, 5.41) is 12.5. The molecule has 1 aromatic carbocycles. The largest absolute Gasteiger partial charge is 0.495 e. The molecule has 9 heteroatoms. The maximum absolute atomic E-state index is 5.55. The first-order valence-electron chi connectivity index (χ1n) is 10.1. The number of hydrogen-bond acceptors (Lipinski definition) is 8. The van der Waals surface area contributed by atoms with Crippen molar-refractivity contribution in [3.05, 3.63) is 60.2 Å². The molecule has 1 fully saturated rings. The van der Waals surface area contributed by atoms with Crippen molar-refractivity contribution in [1.29, 1.82) is 0 Å². The molecular formula is C21H27N7O2. The molecular weight excluding hydrogens is 382 g/mol. The maximum atomic E-state index is 5.55. The van der Waals surface area contributed by atoms with Crippen LogP contribution in [0.25, 0.3) is 0 Å². The fraction of sp³-hybridized carbons (Fsp3) is 0.429. The molecule has 0 N–H and O–H groups in total. The quantitative estimate of drug-likeness (QED) is 0.555. The Bertz CT molecular complexity index is 926. The van der Waals surface area contributed by atoms with E-state index in [9.17, 15) is 0 Å². The van der Waals surface area contributed by atoms with E-state index in [2.05, 4.69) is 42.4 Å². The highest BCUT2D eigenvalue weighted by Crippen LogP contribution is 2.31. The van der Waals surface area contributed by atoms with Crippen molar-refractivity contribution in [2.24, 2.45) is 0 Å². The molecule has 158 valence electrons. The predicted molar refractivity (Wildman–Crippen MR) is 113 cm³/mol. The average Bonchev–Trinajstić information content (AvgIpc) is 3.27. The second-order valence-electron chi connectivity index (χ2n) is 7.14. The van der Waals surface area contributed by atoms with Crippen LogP contribution in [0.3, 0.4) is 0 Å². The highest BCUT2D eigenvalue weighted by molar-refractivity contribution is 5.58. The minimum atomic E-state index is -0.0645. The molecule has 0 saturated carbocycles. The number of piperazine rings is 1. The van der Waals surface area contributed by atoms with Crippen LogP contribution >= 0.6 is 0 Å². The summed E-state index contributed by atoms with van der Waals surface area (Å²) >= 11 is 0. The molecule has 9 nitrogen and oxygen atoms in total. The molecule has 30 heavy (non-hydrogen) atoms. The van der Waals surface area contributed by atoms with Gasteiger partial charge in [0.15, 0.2) is 5.82 Å². The first kappa shape index (κ1) is 20.2. The van der Waals surface area contributed by atoms with E-state index in [4.69, 9.17) is 9.47 Å². The fourth-order valence-electron chi connectivity index (χ4n) is 3.92. The summed E-state index contributed by atoms with van der Waals surface area (Å²) < 4.78 is 12.6. The van der Waals surface area contributed by atoms with Gasteiger partial charge in [-0.3, -0.25) is 9.88 Å². The van der Waals surface area contributed by atoms with E-state index in [0.29, 0.717) is 13.2 Å². The van der Waals surface area contributed by atoms with Crippen molar-refractivity contribution < 1.29 is 9.47 Å². The molecule has 3 heterocycles. The van der Waals surface area contributed by atoms with Gasteiger partial charge < -0.3 is 14.4 Å². The lowest BCUT2D eigenvalue weighted by atomic mass is 10.1. The summed E-state index contributed by atoms with van der Waals surface area (Å²) in [7, 11) is 3.40. The van der Waals surface area contributed by atoms with Crippen molar-refractivity contribution in [1.82, 2.24) is 30.1 Å². The lowest BCUT2D eigenvalue weighted by Crippen LogP contribution is -2.48. The van der Waals surface area contributed by atoms with Crippen molar-refractivity contribution in [3.8, 4) is 5.75 Å². The van der Waals surface area contributed by atoms with Gasteiger partial charge in [-0.15, -0.1) is 5.10 Å². The molecule has 1 aliphatic heterocycles. The monoisotopic (exact) mass is 409 g/mol. The maximum Gasteiger partial charge on any atom is 0.173 e. The Morgan fingerprint density at radius 1 is 1.03 bits per heavy atom. The molecule has 0 unspecified atom stereocenters. The summed E-state index contributed by atoms with van der Waals surface area (Å²) in [6, 6.07) is 12.1. The summed E-state index contributed by atoms with van der Waals surface area (Å²) in [6.07, 6.45) is 3.68. The molecule has 1 saturated heterocycles. The summed E-state index contributed by atoms with van der Waals surface area (Å²) in [5.41, 5.74) is 2.21. The number of pyridine rings is 1. The molecule has 0 aliphatic carbocycles. The standard InChI is InChI=1S/C21H27N7O2/c1-29-15-14-28-21(23-24-25-28)20(17-6-5-9-22-16-17)27-12-10-26(11-13-27)18-7-3-4-8-19(18)30-2/h3-9,16,20H,10-15H2,1-2H3/t20-/m1/s1. The number of benzene rings is 1. The van der Waals surface area contributed by atoms with E-state index in [-0.39, 0.29) is 6.04 Å². The van der Waals surface area contributed by atoms with Crippen LogP contribution in [-0.2, 0) is 11.3 Å². The second-order valence-corrected chi connectivity index (χ2v) is 7.14. The van der Waals surface area contributed by atoms with Crippen molar-refractivity contribution in [2.75, 3.05) is 51.9 Å². The smallest absolute Gasteiger partial charge is 0.173 e. The Labute approximate surface area is 176 Å². The summed E-state index contributed by atoms with van der Waals surface area (Å²) in [4.78, 5) is 9.11. The van der Waals surface area contributed by atoms with Crippen molar-refractivity contribution in [2.45, 2.75) is 12.6 Å². The number of anilines is 1. The third-order valence-electron chi connectivity index (χ3n) is 5.42. The van der Waals surface area contributed by atoms with E-state index in [1.54, 1.807) is 20.4 Å². The molecule has 0 spiro atoms. The predicted octanol–water partition coefficient (Wildman–Crippen LogP) is 1.63.